The monoisotopic (exact) mass is 323 g/mol. The van der Waals surface area contributed by atoms with E-state index < -0.39 is 16.0 Å². The molecule has 0 aliphatic heterocycles. The number of hydrogen-bond acceptors (Lipinski definition) is 5. The van der Waals surface area contributed by atoms with Gasteiger partial charge in [0.25, 0.3) is 0 Å². The second-order valence-electron chi connectivity index (χ2n) is 4.81. The number of nitrogens with zero attached hydrogens (tertiary/aromatic N) is 3. The van der Waals surface area contributed by atoms with Gasteiger partial charge in [-0.1, -0.05) is 18.2 Å². The van der Waals surface area contributed by atoms with Crippen molar-refractivity contribution < 1.29 is 17.9 Å². The Balaban J connectivity index is 2.31. The number of esters is 1. The van der Waals surface area contributed by atoms with Gasteiger partial charge in [-0.25, -0.2) is 17.5 Å². The van der Waals surface area contributed by atoms with Crippen molar-refractivity contribution in [1.29, 1.82) is 0 Å². The van der Waals surface area contributed by atoms with Crippen molar-refractivity contribution >= 4 is 16.0 Å². The Morgan fingerprint density at radius 1 is 1.32 bits per heavy atom. The maximum absolute atomic E-state index is 12.0. The third-order valence-corrected chi connectivity index (χ3v) is 4.91. The van der Waals surface area contributed by atoms with Crippen LogP contribution in [0.4, 0.5) is 0 Å². The SMILES string of the molecule is COC(=O)c1ccccc1Cn1cc(S(=O)(=O)N(C)C)cn1. The fraction of sp³-hybridized carbons (Fsp3) is 0.286. The molecule has 0 unspecified atom stereocenters. The summed E-state index contributed by atoms with van der Waals surface area (Å²) in [6, 6.07) is 6.96. The number of carbonyl (C=O) groups excluding carboxylic acids is 1. The Hall–Kier alpha value is -2.19. The lowest BCUT2D eigenvalue weighted by Gasteiger charge is -2.09. The summed E-state index contributed by atoms with van der Waals surface area (Å²) < 4.78 is 31.4. The van der Waals surface area contributed by atoms with Crippen LogP contribution < -0.4 is 0 Å². The van der Waals surface area contributed by atoms with Gasteiger partial charge in [0.05, 0.1) is 25.4 Å². The van der Waals surface area contributed by atoms with Gasteiger partial charge in [0.2, 0.25) is 10.0 Å². The van der Waals surface area contributed by atoms with Gasteiger partial charge in [-0.15, -0.1) is 0 Å². The van der Waals surface area contributed by atoms with Crippen molar-refractivity contribution in [2.75, 3.05) is 21.2 Å². The highest BCUT2D eigenvalue weighted by molar-refractivity contribution is 7.89. The van der Waals surface area contributed by atoms with Crippen LogP contribution in [0.2, 0.25) is 0 Å². The van der Waals surface area contributed by atoms with E-state index in [0.717, 1.165) is 4.31 Å². The molecule has 7 nitrogen and oxygen atoms in total. The molecule has 0 aliphatic rings. The zero-order valence-corrected chi connectivity index (χ0v) is 13.4. The predicted molar refractivity (Wildman–Crippen MR) is 80.0 cm³/mol. The molecule has 0 radical (unpaired) electrons. The lowest BCUT2D eigenvalue weighted by molar-refractivity contribution is 0.0599. The minimum absolute atomic E-state index is 0.105. The quantitative estimate of drug-likeness (QED) is 0.766. The van der Waals surface area contributed by atoms with E-state index in [9.17, 15) is 13.2 Å². The van der Waals surface area contributed by atoms with E-state index in [1.807, 2.05) is 0 Å². The highest BCUT2D eigenvalue weighted by Crippen LogP contribution is 2.15. The second kappa shape index (κ2) is 6.29. The lowest BCUT2D eigenvalue weighted by Crippen LogP contribution is -2.21. The third kappa shape index (κ3) is 3.18. The molecule has 118 valence electrons. The predicted octanol–water partition coefficient (Wildman–Crippen LogP) is 0.968. The minimum Gasteiger partial charge on any atom is -0.465 e. The molecule has 22 heavy (non-hydrogen) atoms. The third-order valence-electron chi connectivity index (χ3n) is 3.14. The molecular formula is C14H17N3O4S. The van der Waals surface area contributed by atoms with E-state index in [1.165, 1.54) is 38.3 Å². The summed E-state index contributed by atoms with van der Waals surface area (Å²) in [6.07, 6.45) is 2.72. The van der Waals surface area contributed by atoms with Gasteiger partial charge in [0.1, 0.15) is 4.90 Å². The van der Waals surface area contributed by atoms with Crippen molar-refractivity contribution in [1.82, 2.24) is 14.1 Å². The average Bonchev–Trinajstić information content (AvgIpc) is 2.96. The van der Waals surface area contributed by atoms with Crippen LogP contribution in [0.25, 0.3) is 0 Å². The fourth-order valence-corrected chi connectivity index (χ4v) is 2.77. The Morgan fingerprint density at radius 3 is 2.64 bits per heavy atom. The van der Waals surface area contributed by atoms with Crippen molar-refractivity contribution in [2.24, 2.45) is 0 Å². The summed E-state index contributed by atoms with van der Waals surface area (Å²) in [7, 11) is 0.708. The highest BCUT2D eigenvalue weighted by Gasteiger charge is 2.19. The van der Waals surface area contributed by atoms with Crippen LogP contribution in [0.15, 0.2) is 41.6 Å². The van der Waals surface area contributed by atoms with Crippen LogP contribution in [0.1, 0.15) is 15.9 Å². The molecule has 0 fully saturated rings. The minimum atomic E-state index is -3.52. The van der Waals surface area contributed by atoms with Gasteiger partial charge in [-0.2, -0.15) is 5.10 Å². The number of ether oxygens (including phenoxy) is 1. The van der Waals surface area contributed by atoms with Gasteiger partial charge in [-0.3, -0.25) is 4.68 Å². The van der Waals surface area contributed by atoms with Crippen LogP contribution in [-0.4, -0.2) is 49.7 Å². The number of aromatic nitrogens is 2. The standard InChI is InChI=1S/C14H17N3O4S/c1-16(2)22(19,20)12-8-15-17(10-12)9-11-6-4-5-7-13(11)14(18)21-3/h4-8,10H,9H2,1-3H3. The number of methoxy groups -OCH3 is 1. The van der Waals surface area contributed by atoms with Crippen molar-refractivity contribution in [3.05, 3.63) is 47.8 Å². The molecule has 0 bridgehead atoms. The number of benzene rings is 1. The molecule has 1 heterocycles. The summed E-state index contributed by atoms with van der Waals surface area (Å²) in [4.78, 5) is 11.8. The highest BCUT2D eigenvalue weighted by atomic mass is 32.2. The Bertz CT molecular complexity index is 781. The average molecular weight is 323 g/mol. The van der Waals surface area contributed by atoms with Crippen LogP contribution >= 0.6 is 0 Å². The van der Waals surface area contributed by atoms with Gasteiger partial charge in [0, 0.05) is 20.3 Å². The lowest BCUT2D eigenvalue weighted by atomic mass is 10.1. The molecule has 8 heteroatoms. The van der Waals surface area contributed by atoms with Gasteiger partial charge in [0.15, 0.2) is 0 Å². The first-order chi connectivity index (χ1) is 10.4. The molecular weight excluding hydrogens is 306 g/mol. The molecule has 0 saturated carbocycles. The largest absolute Gasteiger partial charge is 0.465 e. The maximum Gasteiger partial charge on any atom is 0.338 e. The molecule has 1 aromatic heterocycles. The second-order valence-corrected chi connectivity index (χ2v) is 6.96. The Morgan fingerprint density at radius 2 is 2.00 bits per heavy atom. The molecule has 0 amide bonds. The van der Waals surface area contributed by atoms with E-state index >= 15 is 0 Å². The summed E-state index contributed by atoms with van der Waals surface area (Å²) >= 11 is 0. The maximum atomic E-state index is 12.0. The van der Waals surface area contributed by atoms with Crippen molar-refractivity contribution in [3.8, 4) is 0 Å². The smallest absolute Gasteiger partial charge is 0.338 e. The fourth-order valence-electron chi connectivity index (χ4n) is 1.92. The normalized spacial score (nSPS) is 11.6. The summed E-state index contributed by atoms with van der Waals surface area (Å²) in [5.74, 6) is -0.441. The molecule has 0 N–H and O–H groups in total. The van der Waals surface area contributed by atoms with Crippen LogP contribution in [0.3, 0.4) is 0 Å². The molecule has 2 rings (SSSR count). The van der Waals surface area contributed by atoms with E-state index in [4.69, 9.17) is 4.74 Å². The van der Waals surface area contributed by atoms with E-state index in [-0.39, 0.29) is 11.4 Å². The number of hydrogen-bond donors (Lipinski definition) is 0. The summed E-state index contributed by atoms with van der Waals surface area (Å²) in [5, 5.41) is 4.05. The summed E-state index contributed by atoms with van der Waals surface area (Å²) in [5.41, 5.74) is 1.13. The van der Waals surface area contributed by atoms with Crippen LogP contribution in [0, 0.1) is 0 Å². The molecule has 2 aromatic rings. The Kier molecular flexibility index (Phi) is 4.62. The van der Waals surface area contributed by atoms with E-state index in [2.05, 4.69) is 5.10 Å². The summed E-state index contributed by atoms with van der Waals surface area (Å²) in [6.45, 7) is 0.272. The van der Waals surface area contributed by atoms with E-state index in [0.29, 0.717) is 11.1 Å². The van der Waals surface area contributed by atoms with Crippen LogP contribution in [0.5, 0.6) is 0 Å². The Labute approximate surface area is 129 Å². The van der Waals surface area contributed by atoms with E-state index in [1.54, 1.807) is 24.3 Å². The number of sulfonamides is 1. The van der Waals surface area contributed by atoms with Gasteiger partial charge >= 0.3 is 5.97 Å². The zero-order chi connectivity index (χ0) is 16.3. The first-order valence-corrected chi connectivity index (χ1v) is 7.91. The molecule has 0 aliphatic carbocycles. The zero-order valence-electron chi connectivity index (χ0n) is 12.6. The number of rotatable bonds is 5. The topological polar surface area (TPSA) is 81.5 Å². The molecule has 0 spiro atoms. The van der Waals surface area contributed by atoms with Crippen molar-refractivity contribution in [3.63, 3.8) is 0 Å². The first-order valence-electron chi connectivity index (χ1n) is 6.47. The van der Waals surface area contributed by atoms with Crippen molar-refractivity contribution in [2.45, 2.75) is 11.4 Å². The first kappa shape index (κ1) is 16.2. The molecule has 1 aromatic carbocycles. The van der Waals surface area contributed by atoms with Gasteiger partial charge < -0.3 is 4.74 Å². The molecule has 0 atom stereocenters. The van der Waals surface area contributed by atoms with Crippen LogP contribution in [-0.2, 0) is 21.3 Å². The van der Waals surface area contributed by atoms with Gasteiger partial charge in [-0.05, 0) is 11.6 Å². The molecule has 0 saturated heterocycles. The number of carbonyl (C=O) groups is 1.